The summed E-state index contributed by atoms with van der Waals surface area (Å²) in [7, 11) is 1.30. The Balaban J connectivity index is 2.21. The van der Waals surface area contributed by atoms with Gasteiger partial charge in [-0.1, -0.05) is 12.1 Å². The molecule has 0 amide bonds. The second-order valence-electron chi connectivity index (χ2n) is 4.21. The highest BCUT2D eigenvalue weighted by Crippen LogP contribution is 2.19. The van der Waals surface area contributed by atoms with E-state index >= 15 is 0 Å². The van der Waals surface area contributed by atoms with E-state index in [1.165, 1.54) is 13.3 Å². The monoisotopic (exact) mass is 268 g/mol. The zero-order valence-corrected chi connectivity index (χ0v) is 11.1. The van der Waals surface area contributed by atoms with Gasteiger partial charge in [0.1, 0.15) is 11.6 Å². The van der Waals surface area contributed by atoms with Gasteiger partial charge < -0.3 is 4.74 Å². The Bertz CT molecular complexity index is 795. The van der Waals surface area contributed by atoms with Gasteiger partial charge in [0, 0.05) is 6.20 Å². The van der Waals surface area contributed by atoms with Crippen LogP contribution in [-0.2, 0) is 4.74 Å². The van der Waals surface area contributed by atoms with E-state index in [1.807, 2.05) is 35.8 Å². The molecule has 3 aromatic rings. The molecule has 0 aliphatic heterocycles. The van der Waals surface area contributed by atoms with E-state index in [2.05, 4.69) is 19.7 Å². The summed E-state index contributed by atoms with van der Waals surface area (Å²) in [5, 5.41) is 0. The van der Waals surface area contributed by atoms with Crippen molar-refractivity contribution < 1.29 is 9.53 Å². The van der Waals surface area contributed by atoms with E-state index in [0.29, 0.717) is 5.82 Å². The fourth-order valence-electron chi connectivity index (χ4n) is 2.10. The summed E-state index contributed by atoms with van der Waals surface area (Å²) in [6.45, 7) is 1.89. The average Bonchev–Trinajstić information content (AvgIpc) is 2.82. The fraction of sp³-hybridized carbons (Fsp3) is 0.143. The van der Waals surface area contributed by atoms with Gasteiger partial charge in [-0.2, -0.15) is 0 Å². The lowest BCUT2D eigenvalue weighted by atomic mass is 10.3. The molecule has 1 aromatic carbocycles. The Morgan fingerprint density at radius 2 is 2.00 bits per heavy atom. The van der Waals surface area contributed by atoms with E-state index in [0.717, 1.165) is 16.9 Å². The van der Waals surface area contributed by atoms with Gasteiger partial charge in [0.2, 0.25) is 5.82 Å². The molecule has 0 spiro atoms. The first-order valence-electron chi connectivity index (χ1n) is 6.06. The summed E-state index contributed by atoms with van der Waals surface area (Å²) < 4.78 is 6.52. The number of fused-ring (bicyclic) bond motifs is 1. The molecule has 6 heteroatoms. The lowest BCUT2D eigenvalue weighted by molar-refractivity contribution is 0.0586. The molecule has 0 saturated heterocycles. The molecule has 20 heavy (non-hydrogen) atoms. The van der Waals surface area contributed by atoms with Crippen LogP contribution >= 0.6 is 0 Å². The average molecular weight is 268 g/mol. The zero-order valence-electron chi connectivity index (χ0n) is 11.1. The topological polar surface area (TPSA) is 69.9 Å². The van der Waals surface area contributed by atoms with Crippen molar-refractivity contribution in [2.75, 3.05) is 7.11 Å². The van der Waals surface area contributed by atoms with Gasteiger partial charge in [0.15, 0.2) is 0 Å². The third kappa shape index (κ3) is 1.91. The molecule has 2 heterocycles. The van der Waals surface area contributed by atoms with Gasteiger partial charge in [0.25, 0.3) is 0 Å². The van der Waals surface area contributed by atoms with Crippen LogP contribution in [0.3, 0.4) is 0 Å². The minimum atomic E-state index is -0.561. The largest absolute Gasteiger partial charge is 0.463 e. The number of methoxy groups -OCH3 is 1. The Morgan fingerprint density at radius 3 is 2.80 bits per heavy atom. The zero-order chi connectivity index (χ0) is 14.1. The molecule has 0 atom stereocenters. The van der Waals surface area contributed by atoms with Crippen LogP contribution in [0.1, 0.15) is 16.4 Å². The van der Waals surface area contributed by atoms with Crippen molar-refractivity contribution in [1.82, 2.24) is 19.5 Å². The van der Waals surface area contributed by atoms with Crippen LogP contribution in [-0.4, -0.2) is 32.6 Å². The van der Waals surface area contributed by atoms with Crippen LogP contribution in [0, 0.1) is 6.92 Å². The van der Waals surface area contributed by atoms with Crippen molar-refractivity contribution in [3.8, 4) is 5.82 Å². The highest BCUT2D eigenvalue weighted by atomic mass is 16.5. The molecular formula is C14H12N4O2. The fourth-order valence-corrected chi connectivity index (χ4v) is 2.10. The minimum absolute atomic E-state index is 0.0298. The second-order valence-corrected chi connectivity index (χ2v) is 4.21. The Morgan fingerprint density at radius 1 is 1.20 bits per heavy atom. The second kappa shape index (κ2) is 4.73. The summed E-state index contributed by atoms with van der Waals surface area (Å²) in [5.74, 6) is 0.850. The van der Waals surface area contributed by atoms with Gasteiger partial charge in [0.05, 0.1) is 18.1 Å². The van der Waals surface area contributed by atoms with E-state index in [1.54, 1.807) is 6.07 Å². The summed E-state index contributed by atoms with van der Waals surface area (Å²) >= 11 is 0. The van der Waals surface area contributed by atoms with Crippen LogP contribution in [0.15, 0.2) is 36.5 Å². The third-order valence-electron chi connectivity index (χ3n) is 2.97. The summed E-state index contributed by atoms with van der Waals surface area (Å²) in [5.41, 5.74) is 1.81. The molecule has 2 aromatic heterocycles. The number of aromatic nitrogens is 4. The number of imidazole rings is 1. The third-order valence-corrected chi connectivity index (χ3v) is 2.97. The first-order valence-corrected chi connectivity index (χ1v) is 6.06. The number of para-hydroxylation sites is 2. The maximum atomic E-state index is 11.5. The van der Waals surface area contributed by atoms with Crippen molar-refractivity contribution >= 4 is 17.0 Å². The number of hydrogen-bond donors (Lipinski definition) is 0. The van der Waals surface area contributed by atoms with E-state index < -0.39 is 5.97 Å². The molecule has 0 saturated carbocycles. The van der Waals surface area contributed by atoms with Gasteiger partial charge in [-0.15, -0.1) is 0 Å². The maximum absolute atomic E-state index is 11.5. The molecular weight excluding hydrogens is 256 g/mol. The van der Waals surface area contributed by atoms with Crippen LogP contribution in [0.2, 0.25) is 0 Å². The lowest BCUT2D eigenvalue weighted by Crippen LogP contribution is -2.10. The summed E-state index contributed by atoms with van der Waals surface area (Å²) in [6, 6.07) is 9.48. The van der Waals surface area contributed by atoms with Crippen molar-refractivity contribution in [3.63, 3.8) is 0 Å². The normalized spacial score (nSPS) is 10.7. The van der Waals surface area contributed by atoms with Crippen molar-refractivity contribution in [1.29, 1.82) is 0 Å². The smallest absolute Gasteiger partial charge is 0.376 e. The number of rotatable bonds is 2. The first-order chi connectivity index (χ1) is 9.70. The molecule has 0 radical (unpaired) electrons. The minimum Gasteiger partial charge on any atom is -0.463 e. The number of carbonyl (C=O) groups is 1. The Hall–Kier alpha value is -2.76. The molecule has 0 aliphatic carbocycles. The van der Waals surface area contributed by atoms with Crippen LogP contribution in [0.5, 0.6) is 0 Å². The first kappa shape index (κ1) is 12.3. The molecule has 0 aliphatic rings. The van der Waals surface area contributed by atoms with Crippen molar-refractivity contribution in [2.24, 2.45) is 0 Å². The standard InChI is InChI=1S/C14H12N4O2/c1-9-16-10-5-3-4-6-11(10)18(9)12-7-8-15-13(17-12)14(19)20-2/h3-8H,1-2H3. The Labute approximate surface area is 115 Å². The number of ether oxygens (including phenoxy) is 1. The predicted octanol–water partition coefficient (Wildman–Crippen LogP) is 1.91. The molecule has 100 valence electrons. The number of aryl methyl sites for hydroxylation is 1. The molecule has 3 rings (SSSR count). The predicted molar refractivity (Wildman–Crippen MR) is 72.7 cm³/mol. The van der Waals surface area contributed by atoms with Crippen LogP contribution in [0.4, 0.5) is 0 Å². The molecule has 0 fully saturated rings. The van der Waals surface area contributed by atoms with Gasteiger partial charge in [-0.3, -0.25) is 4.57 Å². The summed E-state index contributed by atoms with van der Waals surface area (Å²) in [6.07, 6.45) is 1.53. The number of carbonyl (C=O) groups excluding carboxylic acids is 1. The lowest BCUT2D eigenvalue weighted by Gasteiger charge is -2.06. The number of esters is 1. The van der Waals surface area contributed by atoms with Crippen molar-refractivity contribution in [2.45, 2.75) is 6.92 Å². The van der Waals surface area contributed by atoms with E-state index in [-0.39, 0.29) is 5.82 Å². The Kier molecular flexibility index (Phi) is 2.90. The highest BCUT2D eigenvalue weighted by Gasteiger charge is 2.14. The SMILES string of the molecule is COC(=O)c1nccc(-n2c(C)nc3ccccc32)n1. The number of nitrogens with zero attached hydrogens (tertiary/aromatic N) is 4. The van der Waals surface area contributed by atoms with Crippen LogP contribution in [0.25, 0.3) is 16.9 Å². The number of hydrogen-bond acceptors (Lipinski definition) is 5. The van der Waals surface area contributed by atoms with Gasteiger partial charge in [-0.25, -0.2) is 19.7 Å². The number of benzene rings is 1. The van der Waals surface area contributed by atoms with Gasteiger partial charge >= 0.3 is 5.97 Å². The summed E-state index contributed by atoms with van der Waals surface area (Å²) in [4.78, 5) is 24.1. The highest BCUT2D eigenvalue weighted by molar-refractivity contribution is 5.85. The van der Waals surface area contributed by atoms with E-state index in [9.17, 15) is 4.79 Å². The van der Waals surface area contributed by atoms with Crippen LogP contribution < -0.4 is 0 Å². The van der Waals surface area contributed by atoms with Crippen molar-refractivity contribution in [3.05, 3.63) is 48.2 Å². The molecule has 6 nitrogen and oxygen atoms in total. The molecule has 0 unspecified atom stereocenters. The molecule has 0 bridgehead atoms. The molecule has 0 N–H and O–H groups in total. The quantitative estimate of drug-likeness (QED) is 0.664. The van der Waals surface area contributed by atoms with E-state index in [4.69, 9.17) is 0 Å². The van der Waals surface area contributed by atoms with Gasteiger partial charge in [-0.05, 0) is 25.1 Å². The maximum Gasteiger partial charge on any atom is 0.376 e.